The highest BCUT2D eigenvalue weighted by Gasteiger charge is 2.22. The number of hydrogen-bond donors (Lipinski definition) is 1. The van der Waals surface area contributed by atoms with Crippen molar-refractivity contribution in [2.75, 3.05) is 7.11 Å². The zero-order chi connectivity index (χ0) is 21.7. The normalized spacial score (nSPS) is 12.0. The Bertz CT molecular complexity index is 1040. The first-order chi connectivity index (χ1) is 14.4. The van der Waals surface area contributed by atoms with Gasteiger partial charge in [-0.25, -0.2) is 4.79 Å². The van der Waals surface area contributed by atoms with Gasteiger partial charge in [0.05, 0.1) is 13.5 Å². The Morgan fingerprint density at radius 2 is 1.87 bits per heavy atom. The third-order valence-electron chi connectivity index (χ3n) is 5.25. The van der Waals surface area contributed by atoms with Crippen LogP contribution in [0.1, 0.15) is 36.6 Å². The van der Waals surface area contributed by atoms with Gasteiger partial charge in [-0.15, -0.1) is 0 Å². The Morgan fingerprint density at radius 3 is 2.50 bits per heavy atom. The minimum atomic E-state index is -0.662. The van der Waals surface area contributed by atoms with E-state index in [1.807, 2.05) is 50.2 Å². The SMILES string of the molecule is CCCC(Oc1ccc2c(c1)c(CC(N)=O)c(C)n2Cc1ccccc1)C(=O)OC. The van der Waals surface area contributed by atoms with Crippen LogP contribution >= 0.6 is 0 Å². The Kier molecular flexibility index (Phi) is 6.77. The molecule has 2 N–H and O–H groups in total. The largest absolute Gasteiger partial charge is 0.479 e. The van der Waals surface area contributed by atoms with Crippen LogP contribution in [0.25, 0.3) is 10.9 Å². The molecule has 1 aromatic heterocycles. The fourth-order valence-electron chi connectivity index (χ4n) is 3.75. The maximum Gasteiger partial charge on any atom is 0.347 e. The van der Waals surface area contributed by atoms with Crippen molar-refractivity contribution in [1.29, 1.82) is 0 Å². The number of primary amides is 1. The number of nitrogens with zero attached hydrogens (tertiary/aromatic N) is 1. The van der Waals surface area contributed by atoms with Crippen LogP contribution in [0.3, 0.4) is 0 Å². The number of carbonyl (C=O) groups excluding carboxylic acids is 2. The molecule has 2 aromatic carbocycles. The molecule has 0 aliphatic heterocycles. The van der Waals surface area contributed by atoms with Gasteiger partial charge >= 0.3 is 5.97 Å². The molecule has 0 saturated carbocycles. The average Bonchev–Trinajstić information content (AvgIpc) is 2.98. The first-order valence-corrected chi connectivity index (χ1v) is 10.1. The summed E-state index contributed by atoms with van der Waals surface area (Å²) in [5, 5.41) is 0.903. The molecule has 1 atom stereocenters. The summed E-state index contributed by atoms with van der Waals surface area (Å²) in [6.07, 6.45) is 0.835. The molecule has 30 heavy (non-hydrogen) atoms. The van der Waals surface area contributed by atoms with E-state index in [0.717, 1.165) is 34.1 Å². The minimum absolute atomic E-state index is 0.142. The molecule has 1 heterocycles. The van der Waals surface area contributed by atoms with Crippen molar-refractivity contribution in [1.82, 2.24) is 4.57 Å². The highest BCUT2D eigenvalue weighted by atomic mass is 16.6. The summed E-state index contributed by atoms with van der Waals surface area (Å²) in [6.45, 7) is 4.67. The first-order valence-electron chi connectivity index (χ1n) is 10.1. The summed E-state index contributed by atoms with van der Waals surface area (Å²) in [7, 11) is 1.36. The van der Waals surface area contributed by atoms with Gasteiger partial charge < -0.3 is 19.8 Å². The van der Waals surface area contributed by atoms with Crippen LogP contribution in [0, 0.1) is 6.92 Å². The quantitative estimate of drug-likeness (QED) is 0.547. The van der Waals surface area contributed by atoms with Crippen LogP contribution < -0.4 is 10.5 Å². The molecular formula is C24H28N2O4. The van der Waals surface area contributed by atoms with Crippen LogP contribution in [-0.4, -0.2) is 29.7 Å². The highest BCUT2D eigenvalue weighted by molar-refractivity contribution is 5.91. The van der Waals surface area contributed by atoms with E-state index in [9.17, 15) is 9.59 Å². The van der Waals surface area contributed by atoms with Crippen LogP contribution in [0.15, 0.2) is 48.5 Å². The number of amides is 1. The fourth-order valence-corrected chi connectivity index (χ4v) is 3.75. The Balaban J connectivity index is 2.04. The fraction of sp³-hybridized carbons (Fsp3) is 0.333. The second-order valence-electron chi connectivity index (χ2n) is 7.38. The zero-order valence-electron chi connectivity index (χ0n) is 17.7. The summed E-state index contributed by atoms with van der Waals surface area (Å²) in [6, 6.07) is 15.8. The molecule has 0 spiro atoms. The number of benzene rings is 2. The van der Waals surface area contributed by atoms with Crippen molar-refractivity contribution in [2.24, 2.45) is 5.73 Å². The van der Waals surface area contributed by atoms with Gasteiger partial charge in [0.1, 0.15) is 5.75 Å². The lowest BCUT2D eigenvalue weighted by Crippen LogP contribution is -2.28. The van der Waals surface area contributed by atoms with E-state index in [0.29, 0.717) is 18.7 Å². The van der Waals surface area contributed by atoms with Crippen molar-refractivity contribution in [2.45, 2.75) is 45.8 Å². The molecule has 1 amide bonds. The van der Waals surface area contributed by atoms with Gasteiger partial charge in [0, 0.05) is 23.1 Å². The van der Waals surface area contributed by atoms with Crippen LogP contribution in [-0.2, 0) is 27.3 Å². The zero-order valence-corrected chi connectivity index (χ0v) is 17.7. The molecule has 3 rings (SSSR count). The molecule has 0 fully saturated rings. The third kappa shape index (κ3) is 4.64. The van der Waals surface area contributed by atoms with Gasteiger partial charge in [0.15, 0.2) is 6.10 Å². The van der Waals surface area contributed by atoms with Gasteiger partial charge in [-0.05, 0) is 42.7 Å². The van der Waals surface area contributed by atoms with E-state index in [1.54, 1.807) is 0 Å². The van der Waals surface area contributed by atoms with E-state index in [4.69, 9.17) is 15.2 Å². The van der Waals surface area contributed by atoms with Crippen molar-refractivity contribution in [3.05, 3.63) is 65.4 Å². The van der Waals surface area contributed by atoms with Crippen molar-refractivity contribution >= 4 is 22.8 Å². The molecule has 3 aromatic rings. The Morgan fingerprint density at radius 1 is 1.13 bits per heavy atom. The molecule has 158 valence electrons. The topological polar surface area (TPSA) is 83.5 Å². The lowest BCUT2D eigenvalue weighted by molar-refractivity contribution is -0.149. The second-order valence-corrected chi connectivity index (χ2v) is 7.38. The molecule has 0 saturated heterocycles. The molecule has 6 heteroatoms. The number of fused-ring (bicyclic) bond motifs is 1. The lowest BCUT2D eigenvalue weighted by atomic mass is 10.1. The summed E-state index contributed by atoms with van der Waals surface area (Å²) < 4.78 is 13.0. The predicted molar refractivity (Wildman–Crippen MR) is 116 cm³/mol. The number of carbonyl (C=O) groups is 2. The number of hydrogen-bond acceptors (Lipinski definition) is 4. The van der Waals surface area contributed by atoms with Crippen LogP contribution in [0.2, 0.25) is 0 Å². The van der Waals surface area contributed by atoms with Crippen molar-refractivity contribution < 1.29 is 19.1 Å². The van der Waals surface area contributed by atoms with E-state index in [1.165, 1.54) is 7.11 Å². The molecule has 0 radical (unpaired) electrons. The molecule has 1 unspecified atom stereocenters. The number of ether oxygens (including phenoxy) is 2. The summed E-state index contributed by atoms with van der Waals surface area (Å²) in [5.41, 5.74) is 9.54. The van der Waals surface area contributed by atoms with E-state index < -0.39 is 12.1 Å². The number of methoxy groups -OCH3 is 1. The van der Waals surface area contributed by atoms with Crippen molar-refractivity contribution in [3.63, 3.8) is 0 Å². The Hall–Kier alpha value is -3.28. The third-order valence-corrected chi connectivity index (χ3v) is 5.25. The average molecular weight is 408 g/mol. The lowest BCUT2D eigenvalue weighted by Gasteiger charge is -2.16. The van der Waals surface area contributed by atoms with Gasteiger partial charge in [-0.1, -0.05) is 43.7 Å². The van der Waals surface area contributed by atoms with Gasteiger partial charge in [-0.2, -0.15) is 0 Å². The van der Waals surface area contributed by atoms with E-state index >= 15 is 0 Å². The van der Waals surface area contributed by atoms with Gasteiger partial charge in [0.25, 0.3) is 0 Å². The number of nitrogens with two attached hydrogens (primary N) is 1. The summed E-state index contributed by atoms with van der Waals surface area (Å²) >= 11 is 0. The second kappa shape index (κ2) is 9.48. The molecule has 0 aliphatic carbocycles. The maximum absolute atomic E-state index is 12.0. The van der Waals surface area contributed by atoms with Gasteiger partial charge in [-0.3, -0.25) is 4.79 Å². The van der Waals surface area contributed by atoms with E-state index in [2.05, 4.69) is 16.7 Å². The number of aromatic nitrogens is 1. The molecule has 0 aliphatic rings. The molecular weight excluding hydrogens is 380 g/mol. The standard InChI is InChI=1S/C24H28N2O4/c1-4-8-22(24(28)29-3)30-18-11-12-21-20(13-18)19(14-23(25)27)16(2)26(21)15-17-9-6-5-7-10-17/h5-7,9-13,22H,4,8,14-15H2,1-3H3,(H2,25,27). The highest BCUT2D eigenvalue weighted by Crippen LogP contribution is 2.31. The molecule has 0 bridgehead atoms. The van der Waals surface area contributed by atoms with Crippen LogP contribution in [0.5, 0.6) is 5.75 Å². The number of rotatable bonds is 9. The Labute approximate surface area is 176 Å². The molecule has 6 nitrogen and oxygen atoms in total. The number of esters is 1. The van der Waals surface area contributed by atoms with Crippen molar-refractivity contribution in [3.8, 4) is 5.75 Å². The first kappa shape index (κ1) is 21.4. The van der Waals surface area contributed by atoms with Gasteiger partial charge in [0.2, 0.25) is 5.91 Å². The monoisotopic (exact) mass is 408 g/mol. The maximum atomic E-state index is 12.0. The smallest absolute Gasteiger partial charge is 0.347 e. The summed E-state index contributed by atoms with van der Waals surface area (Å²) in [5.74, 6) is -0.220. The van der Waals surface area contributed by atoms with E-state index in [-0.39, 0.29) is 12.3 Å². The summed E-state index contributed by atoms with van der Waals surface area (Å²) in [4.78, 5) is 23.8. The minimum Gasteiger partial charge on any atom is -0.479 e. The van der Waals surface area contributed by atoms with Crippen LogP contribution in [0.4, 0.5) is 0 Å². The predicted octanol–water partition coefficient (Wildman–Crippen LogP) is 3.75.